The smallest absolute Gasteiger partial charge is 0.182 e. The number of benzene rings is 2. The monoisotopic (exact) mass is 316 g/mol. The van der Waals surface area contributed by atoms with E-state index in [-0.39, 0.29) is 0 Å². The number of aromatic nitrogens is 2. The number of hydrogen-bond donors (Lipinski definition) is 1. The number of rotatable bonds is 4. The molecule has 2 aromatic carbocycles. The molecule has 0 aliphatic heterocycles. The van der Waals surface area contributed by atoms with Crippen LogP contribution in [0.15, 0.2) is 42.5 Å². The van der Waals surface area contributed by atoms with Crippen molar-refractivity contribution in [2.75, 3.05) is 0 Å². The minimum Gasteiger partial charge on any atom is -0.330 e. The van der Waals surface area contributed by atoms with Crippen LogP contribution in [0.25, 0.3) is 16.7 Å². The molecule has 0 atom stereocenters. The highest BCUT2D eigenvalue weighted by atomic mass is 35.5. The maximum atomic E-state index is 6.34. The molecule has 0 aliphatic carbocycles. The Balaban J connectivity index is 2.08. The third-order valence-corrected chi connectivity index (χ3v) is 4.26. The lowest BCUT2D eigenvalue weighted by Crippen LogP contribution is -1.95. The highest BCUT2D eigenvalue weighted by molar-refractivity contribution is 7.71. The van der Waals surface area contributed by atoms with E-state index in [1.807, 2.05) is 22.8 Å². The zero-order valence-electron chi connectivity index (χ0n) is 11.9. The van der Waals surface area contributed by atoms with Crippen LogP contribution in [0.3, 0.4) is 0 Å². The fraction of sp³-hybridized carbons (Fsp3) is 0.235. The number of hydrogen-bond acceptors (Lipinski definition) is 1. The van der Waals surface area contributed by atoms with Crippen molar-refractivity contribution >= 4 is 34.9 Å². The Morgan fingerprint density at radius 1 is 1.14 bits per heavy atom. The largest absolute Gasteiger partial charge is 0.330 e. The minimum absolute atomic E-state index is 0.666. The summed E-state index contributed by atoms with van der Waals surface area (Å²) in [7, 11) is 0. The maximum Gasteiger partial charge on any atom is 0.182 e. The second-order valence-electron chi connectivity index (χ2n) is 5.17. The van der Waals surface area contributed by atoms with E-state index in [0.29, 0.717) is 9.79 Å². The Hall–Kier alpha value is -1.58. The molecule has 1 aromatic heterocycles. The third-order valence-electron chi connectivity index (χ3n) is 3.67. The molecule has 0 radical (unpaired) electrons. The van der Waals surface area contributed by atoms with Gasteiger partial charge in [-0.15, -0.1) is 0 Å². The minimum atomic E-state index is 0.666. The number of aromatic amines is 1. The molecule has 0 amide bonds. The van der Waals surface area contributed by atoms with Crippen molar-refractivity contribution in [1.82, 2.24) is 9.55 Å². The molecular weight excluding hydrogens is 300 g/mol. The van der Waals surface area contributed by atoms with Crippen LogP contribution in [-0.4, -0.2) is 9.55 Å². The van der Waals surface area contributed by atoms with Crippen molar-refractivity contribution < 1.29 is 0 Å². The number of para-hydroxylation sites is 1. The number of unbranched alkanes of at least 4 members (excludes halogenated alkanes) is 1. The van der Waals surface area contributed by atoms with Gasteiger partial charge in [-0.1, -0.05) is 43.1 Å². The standard InChI is InChI=1S/C17H17ClN2S/c1-2-3-5-12-8-10-13(11-9-12)20-16-14(18)6-4-7-15(16)19-17(20)21/h4,6-11H,2-3,5H2,1H3,(H,19,21). The van der Waals surface area contributed by atoms with Crippen LogP contribution in [0.5, 0.6) is 0 Å². The van der Waals surface area contributed by atoms with E-state index in [1.54, 1.807) is 0 Å². The molecular formula is C17H17ClN2S. The van der Waals surface area contributed by atoms with Gasteiger partial charge in [0, 0.05) is 5.69 Å². The highest BCUT2D eigenvalue weighted by Gasteiger charge is 2.09. The number of H-pyrrole nitrogens is 1. The summed E-state index contributed by atoms with van der Waals surface area (Å²) in [6, 6.07) is 14.4. The normalized spacial score (nSPS) is 11.1. The first-order valence-electron chi connectivity index (χ1n) is 7.19. The Kier molecular flexibility index (Phi) is 4.13. The van der Waals surface area contributed by atoms with E-state index in [2.05, 4.69) is 36.2 Å². The Morgan fingerprint density at radius 3 is 2.62 bits per heavy atom. The molecule has 0 aliphatic rings. The fourth-order valence-corrected chi connectivity index (χ4v) is 3.12. The lowest BCUT2D eigenvalue weighted by molar-refractivity contribution is 0.795. The first-order chi connectivity index (χ1) is 10.2. The second-order valence-corrected chi connectivity index (χ2v) is 5.97. The van der Waals surface area contributed by atoms with Gasteiger partial charge in [0.15, 0.2) is 4.77 Å². The zero-order chi connectivity index (χ0) is 14.8. The van der Waals surface area contributed by atoms with Gasteiger partial charge in [0.25, 0.3) is 0 Å². The first kappa shape index (κ1) is 14.4. The summed E-state index contributed by atoms with van der Waals surface area (Å²) in [6.07, 6.45) is 3.55. The molecule has 21 heavy (non-hydrogen) atoms. The average molecular weight is 317 g/mol. The number of halogens is 1. The molecule has 4 heteroatoms. The maximum absolute atomic E-state index is 6.34. The van der Waals surface area contributed by atoms with Gasteiger partial charge in [0.1, 0.15) is 0 Å². The number of nitrogens with zero attached hydrogens (tertiary/aromatic N) is 1. The SMILES string of the molecule is CCCCc1ccc(-n2c(=S)[nH]c3cccc(Cl)c32)cc1. The Morgan fingerprint density at radius 2 is 1.90 bits per heavy atom. The summed E-state index contributed by atoms with van der Waals surface area (Å²) in [5.74, 6) is 0. The summed E-state index contributed by atoms with van der Waals surface area (Å²) in [4.78, 5) is 3.21. The van der Waals surface area contributed by atoms with Crippen LogP contribution in [0.2, 0.25) is 5.02 Å². The molecule has 0 saturated heterocycles. The van der Waals surface area contributed by atoms with Gasteiger partial charge >= 0.3 is 0 Å². The van der Waals surface area contributed by atoms with Crippen LogP contribution >= 0.6 is 23.8 Å². The fourth-order valence-electron chi connectivity index (χ4n) is 2.56. The predicted octanol–water partition coefficient (Wildman–Crippen LogP) is 5.68. The highest BCUT2D eigenvalue weighted by Crippen LogP contribution is 2.26. The molecule has 3 rings (SSSR count). The molecule has 0 saturated carbocycles. The van der Waals surface area contributed by atoms with Gasteiger partial charge in [0.2, 0.25) is 0 Å². The summed E-state index contributed by atoms with van der Waals surface area (Å²) < 4.78 is 2.66. The van der Waals surface area contributed by atoms with Crippen molar-refractivity contribution in [3.8, 4) is 5.69 Å². The van der Waals surface area contributed by atoms with E-state index < -0.39 is 0 Å². The molecule has 3 aromatic rings. The topological polar surface area (TPSA) is 20.7 Å². The lowest BCUT2D eigenvalue weighted by Gasteiger charge is -2.07. The number of imidazole rings is 1. The molecule has 0 bridgehead atoms. The molecule has 1 heterocycles. The lowest BCUT2D eigenvalue weighted by atomic mass is 10.1. The van der Waals surface area contributed by atoms with Crippen LogP contribution in [0.4, 0.5) is 0 Å². The summed E-state index contributed by atoms with van der Waals surface area (Å²) in [6.45, 7) is 2.21. The van der Waals surface area contributed by atoms with Gasteiger partial charge < -0.3 is 4.98 Å². The van der Waals surface area contributed by atoms with Crippen molar-refractivity contribution in [2.45, 2.75) is 26.2 Å². The number of nitrogens with one attached hydrogen (secondary N) is 1. The summed E-state index contributed by atoms with van der Waals surface area (Å²) in [5.41, 5.74) is 4.30. The van der Waals surface area contributed by atoms with Crippen molar-refractivity contribution in [2.24, 2.45) is 0 Å². The predicted molar refractivity (Wildman–Crippen MR) is 92.1 cm³/mol. The van der Waals surface area contributed by atoms with E-state index in [9.17, 15) is 0 Å². The second kappa shape index (κ2) is 6.04. The van der Waals surface area contributed by atoms with Gasteiger partial charge in [-0.2, -0.15) is 0 Å². The first-order valence-corrected chi connectivity index (χ1v) is 7.98. The molecule has 108 valence electrons. The van der Waals surface area contributed by atoms with Crippen LogP contribution in [-0.2, 0) is 6.42 Å². The van der Waals surface area contributed by atoms with E-state index in [4.69, 9.17) is 23.8 Å². The van der Waals surface area contributed by atoms with Gasteiger partial charge in [-0.25, -0.2) is 0 Å². The number of fused-ring (bicyclic) bond motifs is 1. The van der Waals surface area contributed by atoms with Gasteiger partial charge in [-0.05, 0) is 54.9 Å². The molecule has 0 unspecified atom stereocenters. The molecule has 1 N–H and O–H groups in total. The van der Waals surface area contributed by atoms with Crippen LogP contribution < -0.4 is 0 Å². The van der Waals surface area contributed by atoms with Crippen molar-refractivity contribution in [1.29, 1.82) is 0 Å². The Bertz CT molecular complexity index is 815. The summed E-state index contributed by atoms with van der Waals surface area (Å²) in [5, 5.41) is 0.704. The van der Waals surface area contributed by atoms with Crippen LogP contribution in [0.1, 0.15) is 25.3 Å². The third kappa shape index (κ3) is 2.76. The summed E-state index contributed by atoms with van der Waals surface area (Å²) >= 11 is 11.8. The van der Waals surface area contributed by atoms with Gasteiger partial charge in [0.05, 0.1) is 16.1 Å². The molecule has 0 spiro atoms. The number of aryl methyl sites for hydroxylation is 1. The molecule has 0 fully saturated rings. The average Bonchev–Trinajstić information content (AvgIpc) is 2.83. The van der Waals surface area contributed by atoms with E-state index in [1.165, 1.54) is 18.4 Å². The molecule has 2 nitrogen and oxygen atoms in total. The van der Waals surface area contributed by atoms with E-state index >= 15 is 0 Å². The van der Waals surface area contributed by atoms with E-state index in [0.717, 1.165) is 23.1 Å². The van der Waals surface area contributed by atoms with Crippen molar-refractivity contribution in [3.63, 3.8) is 0 Å². The quantitative estimate of drug-likeness (QED) is 0.614. The van der Waals surface area contributed by atoms with Gasteiger partial charge in [-0.3, -0.25) is 4.57 Å². The van der Waals surface area contributed by atoms with Crippen molar-refractivity contribution in [3.05, 3.63) is 57.8 Å². The zero-order valence-corrected chi connectivity index (χ0v) is 13.5. The van der Waals surface area contributed by atoms with Crippen LogP contribution in [0, 0.1) is 4.77 Å². The Labute approximate surface area is 134 Å².